The van der Waals surface area contributed by atoms with Crippen molar-refractivity contribution in [1.82, 2.24) is 14.7 Å². The highest BCUT2D eigenvalue weighted by molar-refractivity contribution is 5.93. The van der Waals surface area contributed by atoms with Gasteiger partial charge >= 0.3 is 0 Å². The Morgan fingerprint density at radius 3 is 2.34 bits per heavy atom. The van der Waals surface area contributed by atoms with Gasteiger partial charge in [-0.25, -0.2) is 0 Å². The monoisotopic (exact) mass is 388 g/mol. The van der Waals surface area contributed by atoms with Gasteiger partial charge in [-0.2, -0.15) is 5.10 Å². The zero-order chi connectivity index (χ0) is 20.2. The molecule has 0 bridgehead atoms. The first-order chi connectivity index (χ1) is 14.1. The lowest BCUT2D eigenvalue weighted by molar-refractivity contribution is 0.0998. The molecule has 3 aromatic rings. The fraction of sp³-hybridized carbons (Fsp3) is 0.333. The van der Waals surface area contributed by atoms with Gasteiger partial charge in [-0.15, -0.1) is 0 Å². The third kappa shape index (κ3) is 4.74. The Hall–Kier alpha value is -2.92. The van der Waals surface area contributed by atoms with Crippen LogP contribution in [0.15, 0.2) is 60.8 Å². The van der Waals surface area contributed by atoms with Crippen LogP contribution in [0.25, 0.3) is 11.1 Å². The van der Waals surface area contributed by atoms with E-state index in [2.05, 4.69) is 58.5 Å². The Kier molecular flexibility index (Phi) is 5.76. The van der Waals surface area contributed by atoms with Gasteiger partial charge in [0.2, 0.25) is 0 Å². The Morgan fingerprint density at radius 2 is 1.69 bits per heavy atom. The van der Waals surface area contributed by atoms with Crippen molar-refractivity contribution >= 4 is 5.91 Å². The molecule has 1 aliphatic rings. The smallest absolute Gasteiger partial charge is 0.252 e. The van der Waals surface area contributed by atoms with Gasteiger partial charge in [-0.3, -0.25) is 14.4 Å². The lowest BCUT2D eigenvalue weighted by Crippen LogP contribution is -2.34. The number of aryl methyl sites for hydroxylation is 1. The first-order valence-electron chi connectivity index (χ1n) is 10.3. The van der Waals surface area contributed by atoms with Crippen molar-refractivity contribution in [2.75, 3.05) is 13.1 Å². The molecule has 1 amide bonds. The van der Waals surface area contributed by atoms with E-state index in [4.69, 9.17) is 5.73 Å². The Balaban J connectivity index is 1.31. The minimum Gasteiger partial charge on any atom is -0.365 e. The molecule has 29 heavy (non-hydrogen) atoms. The molecule has 0 unspecified atom stereocenters. The number of hydrogen-bond acceptors (Lipinski definition) is 3. The van der Waals surface area contributed by atoms with Gasteiger partial charge in [0.25, 0.3) is 5.91 Å². The first kappa shape index (κ1) is 19.4. The number of benzene rings is 2. The largest absolute Gasteiger partial charge is 0.365 e. The van der Waals surface area contributed by atoms with E-state index in [9.17, 15) is 4.79 Å². The van der Waals surface area contributed by atoms with Crippen LogP contribution in [0.3, 0.4) is 0 Å². The molecule has 2 heterocycles. The SMILES string of the molecule is Cn1cc(C(N)=O)c(CC2CCN(Cc3ccc(-c4ccccc4)cc3)CC2)n1. The Bertz CT molecular complexity index is 954. The highest BCUT2D eigenvalue weighted by Crippen LogP contribution is 2.25. The average molecular weight is 389 g/mol. The summed E-state index contributed by atoms with van der Waals surface area (Å²) in [5.41, 5.74) is 10.8. The van der Waals surface area contributed by atoms with Gasteiger partial charge in [0, 0.05) is 19.8 Å². The highest BCUT2D eigenvalue weighted by atomic mass is 16.1. The molecular weight excluding hydrogens is 360 g/mol. The number of piperidine rings is 1. The van der Waals surface area contributed by atoms with Gasteiger partial charge in [0.15, 0.2) is 0 Å². The molecule has 5 nitrogen and oxygen atoms in total. The normalized spacial score (nSPS) is 15.5. The predicted octanol–water partition coefficient (Wildman–Crippen LogP) is 3.64. The van der Waals surface area contributed by atoms with Gasteiger partial charge in [-0.05, 0) is 55.0 Å². The molecule has 1 aromatic heterocycles. The third-order valence-electron chi connectivity index (χ3n) is 5.83. The maximum absolute atomic E-state index is 11.6. The van der Waals surface area contributed by atoms with Crippen LogP contribution in [0.4, 0.5) is 0 Å². The molecule has 0 radical (unpaired) electrons. The molecule has 1 aliphatic heterocycles. The van der Waals surface area contributed by atoms with Crippen molar-refractivity contribution < 1.29 is 4.79 Å². The summed E-state index contributed by atoms with van der Waals surface area (Å²) in [6.07, 6.45) is 4.80. The number of carbonyl (C=O) groups is 1. The van der Waals surface area contributed by atoms with Crippen molar-refractivity contribution in [2.24, 2.45) is 18.7 Å². The minimum atomic E-state index is -0.385. The molecule has 0 atom stereocenters. The van der Waals surface area contributed by atoms with Crippen LogP contribution in [0.2, 0.25) is 0 Å². The minimum absolute atomic E-state index is 0.385. The number of rotatable bonds is 6. The van der Waals surface area contributed by atoms with Gasteiger partial charge < -0.3 is 5.73 Å². The highest BCUT2D eigenvalue weighted by Gasteiger charge is 2.23. The molecule has 1 fully saturated rings. The molecule has 150 valence electrons. The van der Waals surface area contributed by atoms with E-state index in [-0.39, 0.29) is 5.91 Å². The fourth-order valence-electron chi connectivity index (χ4n) is 4.20. The molecule has 0 saturated carbocycles. The number of carbonyl (C=O) groups excluding carboxylic acids is 1. The quantitative estimate of drug-likeness (QED) is 0.701. The van der Waals surface area contributed by atoms with Crippen LogP contribution in [-0.4, -0.2) is 33.7 Å². The summed E-state index contributed by atoms with van der Waals surface area (Å²) in [6, 6.07) is 19.4. The van der Waals surface area contributed by atoms with E-state index in [0.717, 1.165) is 44.6 Å². The van der Waals surface area contributed by atoms with Crippen molar-refractivity contribution in [3.8, 4) is 11.1 Å². The fourth-order valence-corrected chi connectivity index (χ4v) is 4.20. The molecule has 5 heteroatoms. The van der Waals surface area contributed by atoms with Crippen LogP contribution in [0.1, 0.15) is 34.5 Å². The Labute approximate surface area is 172 Å². The maximum atomic E-state index is 11.6. The molecule has 1 saturated heterocycles. The van der Waals surface area contributed by atoms with Crippen LogP contribution in [-0.2, 0) is 20.0 Å². The summed E-state index contributed by atoms with van der Waals surface area (Å²) in [6.45, 7) is 3.13. The van der Waals surface area contributed by atoms with Crippen LogP contribution in [0.5, 0.6) is 0 Å². The lowest BCUT2D eigenvalue weighted by Gasteiger charge is -2.31. The molecule has 0 spiro atoms. The van der Waals surface area contributed by atoms with E-state index >= 15 is 0 Å². The molecule has 2 aromatic carbocycles. The van der Waals surface area contributed by atoms with Crippen LogP contribution >= 0.6 is 0 Å². The van der Waals surface area contributed by atoms with Crippen molar-refractivity contribution in [3.05, 3.63) is 77.6 Å². The van der Waals surface area contributed by atoms with Crippen molar-refractivity contribution in [3.63, 3.8) is 0 Å². The summed E-state index contributed by atoms with van der Waals surface area (Å²) >= 11 is 0. The summed E-state index contributed by atoms with van der Waals surface area (Å²) in [5, 5.41) is 4.45. The number of primary amides is 1. The van der Waals surface area contributed by atoms with Crippen LogP contribution in [0, 0.1) is 5.92 Å². The lowest BCUT2D eigenvalue weighted by atomic mass is 9.91. The molecule has 4 rings (SSSR count). The van der Waals surface area contributed by atoms with Crippen molar-refractivity contribution in [2.45, 2.75) is 25.8 Å². The zero-order valence-corrected chi connectivity index (χ0v) is 16.9. The van der Waals surface area contributed by atoms with Crippen LogP contribution < -0.4 is 5.73 Å². The van der Waals surface area contributed by atoms with E-state index in [1.54, 1.807) is 10.9 Å². The molecular formula is C24H28N4O. The molecule has 0 aliphatic carbocycles. The Morgan fingerprint density at radius 1 is 1.03 bits per heavy atom. The van der Waals surface area contributed by atoms with Gasteiger partial charge in [0.05, 0.1) is 11.3 Å². The zero-order valence-electron chi connectivity index (χ0n) is 16.9. The second-order valence-corrected chi connectivity index (χ2v) is 8.01. The maximum Gasteiger partial charge on any atom is 0.252 e. The third-order valence-corrected chi connectivity index (χ3v) is 5.83. The van der Waals surface area contributed by atoms with E-state index in [1.807, 2.05) is 13.1 Å². The standard InChI is InChI=1S/C24H28N4O/c1-27-17-22(24(25)29)23(26-27)15-18-11-13-28(14-12-18)16-19-7-9-21(10-8-19)20-5-3-2-4-6-20/h2-10,17-18H,11-16H2,1H3,(H2,25,29). The summed E-state index contributed by atoms with van der Waals surface area (Å²) in [4.78, 5) is 14.1. The number of likely N-dealkylation sites (tertiary alicyclic amines) is 1. The van der Waals surface area contributed by atoms with E-state index in [0.29, 0.717) is 11.5 Å². The number of nitrogens with two attached hydrogens (primary N) is 1. The van der Waals surface area contributed by atoms with E-state index < -0.39 is 0 Å². The summed E-state index contributed by atoms with van der Waals surface area (Å²) in [7, 11) is 1.83. The van der Waals surface area contributed by atoms with Gasteiger partial charge in [-0.1, -0.05) is 54.6 Å². The summed E-state index contributed by atoms with van der Waals surface area (Å²) in [5.74, 6) is 0.171. The second-order valence-electron chi connectivity index (χ2n) is 8.01. The molecule has 2 N–H and O–H groups in total. The van der Waals surface area contributed by atoms with E-state index in [1.165, 1.54) is 16.7 Å². The number of aromatic nitrogens is 2. The topological polar surface area (TPSA) is 64.2 Å². The van der Waals surface area contributed by atoms with Gasteiger partial charge in [0.1, 0.15) is 0 Å². The predicted molar refractivity (Wildman–Crippen MR) is 115 cm³/mol. The summed E-state index contributed by atoms with van der Waals surface area (Å²) < 4.78 is 1.68. The van der Waals surface area contributed by atoms with Crippen molar-refractivity contribution in [1.29, 1.82) is 0 Å². The first-order valence-corrected chi connectivity index (χ1v) is 10.3. The number of hydrogen-bond donors (Lipinski definition) is 1. The number of nitrogens with zero attached hydrogens (tertiary/aromatic N) is 3. The number of amides is 1. The average Bonchev–Trinajstić information content (AvgIpc) is 3.11. The second kappa shape index (κ2) is 8.62.